The first-order valence-corrected chi connectivity index (χ1v) is 4.80. The molecule has 0 heterocycles. The third-order valence-electron chi connectivity index (χ3n) is 1.94. The number of carboxylic acids is 1. The Labute approximate surface area is 92.7 Å². The molecule has 0 aliphatic rings. The minimum Gasteiger partial charge on any atom is -0.550 e. The van der Waals surface area contributed by atoms with E-state index in [-0.39, 0.29) is 12.5 Å². The SMILES string of the molecule is O=C([O-])C[C@H](O)CNC(=O)c1ccccc1. The maximum absolute atomic E-state index is 11.4. The van der Waals surface area contributed by atoms with Gasteiger partial charge in [0.1, 0.15) is 0 Å². The fourth-order valence-corrected chi connectivity index (χ4v) is 1.17. The quantitative estimate of drug-likeness (QED) is 0.663. The summed E-state index contributed by atoms with van der Waals surface area (Å²) in [7, 11) is 0. The molecule has 0 saturated heterocycles. The maximum Gasteiger partial charge on any atom is 0.251 e. The van der Waals surface area contributed by atoms with Crippen LogP contribution in [0, 0.1) is 0 Å². The Bertz CT molecular complexity index is 364. The molecule has 1 atom stereocenters. The van der Waals surface area contributed by atoms with Gasteiger partial charge < -0.3 is 20.3 Å². The van der Waals surface area contributed by atoms with Gasteiger partial charge in [-0.15, -0.1) is 0 Å². The van der Waals surface area contributed by atoms with E-state index in [1.165, 1.54) is 0 Å². The third kappa shape index (κ3) is 4.10. The number of amides is 1. The van der Waals surface area contributed by atoms with E-state index in [9.17, 15) is 19.8 Å². The van der Waals surface area contributed by atoms with Crippen LogP contribution >= 0.6 is 0 Å². The highest BCUT2D eigenvalue weighted by molar-refractivity contribution is 5.94. The van der Waals surface area contributed by atoms with E-state index in [0.29, 0.717) is 5.56 Å². The molecule has 0 spiro atoms. The first-order chi connectivity index (χ1) is 7.59. The van der Waals surface area contributed by atoms with Crippen LogP contribution < -0.4 is 10.4 Å². The van der Waals surface area contributed by atoms with Crippen LogP contribution in [-0.2, 0) is 4.79 Å². The van der Waals surface area contributed by atoms with Crippen molar-refractivity contribution < 1.29 is 19.8 Å². The van der Waals surface area contributed by atoms with Crippen molar-refractivity contribution in [2.24, 2.45) is 0 Å². The first kappa shape index (κ1) is 12.2. The van der Waals surface area contributed by atoms with Crippen molar-refractivity contribution in [1.29, 1.82) is 0 Å². The molecule has 5 nitrogen and oxygen atoms in total. The molecule has 2 N–H and O–H groups in total. The summed E-state index contributed by atoms with van der Waals surface area (Å²) in [5.41, 5.74) is 0.461. The second-order valence-corrected chi connectivity index (χ2v) is 3.31. The Morgan fingerprint density at radius 1 is 1.31 bits per heavy atom. The average molecular weight is 222 g/mol. The van der Waals surface area contributed by atoms with Crippen molar-refractivity contribution in [1.82, 2.24) is 5.32 Å². The summed E-state index contributed by atoms with van der Waals surface area (Å²) in [5, 5.41) is 21.7. The van der Waals surface area contributed by atoms with Gasteiger partial charge in [0.2, 0.25) is 0 Å². The second kappa shape index (κ2) is 5.87. The number of aliphatic hydroxyl groups excluding tert-OH is 1. The molecule has 0 aromatic heterocycles. The van der Waals surface area contributed by atoms with Gasteiger partial charge in [-0.3, -0.25) is 4.79 Å². The van der Waals surface area contributed by atoms with Gasteiger partial charge in [0, 0.05) is 24.5 Å². The van der Waals surface area contributed by atoms with Gasteiger partial charge in [0.15, 0.2) is 0 Å². The number of rotatable bonds is 5. The van der Waals surface area contributed by atoms with Crippen LogP contribution in [0.15, 0.2) is 30.3 Å². The molecule has 0 aliphatic carbocycles. The summed E-state index contributed by atoms with van der Waals surface area (Å²) in [5.74, 6) is -1.69. The fraction of sp³-hybridized carbons (Fsp3) is 0.273. The van der Waals surface area contributed by atoms with Crippen molar-refractivity contribution in [3.05, 3.63) is 35.9 Å². The summed E-state index contributed by atoms with van der Waals surface area (Å²) in [4.78, 5) is 21.6. The highest BCUT2D eigenvalue weighted by Crippen LogP contribution is 1.98. The molecule has 5 heteroatoms. The minimum atomic E-state index is -1.35. The number of hydrogen-bond acceptors (Lipinski definition) is 4. The minimum absolute atomic E-state index is 0.109. The zero-order chi connectivity index (χ0) is 12.0. The molecule has 0 bridgehead atoms. The van der Waals surface area contributed by atoms with Crippen molar-refractivity contribution in [3.63, 3.8) is 0 Å². The number of benzene rings is 1. The summed E-state index contributed by atoms with van der Waals surface area (Å²) < 4.78 is 0. The fourth-order valence-electron chi connectivity index (χ4n) is 1.17. The summed E-state index contributed by atoms with van der Waals surface area (Å²) in [6.45, 7) is -0.109. The van der Waals surface area contributed by atoms with Crippen LogP contribution in [0.5, 0.6) is 0 Å². The molecule has 0 saturated carbocycles. The van der Waals surface area contributed by atoms with Crippen LogP contribution in [0.1, 0.15) is 16.8 Å². The summed E-state index contributed by atoms with van der Waals surface area (Å²) in [6.07, 6.45) is -1.62. The molecule has 1 rings (SSSR count). The van der Waals surface area contributed by atoms with Crippen molar-refractivity contribution >= 4 is 11.9 Å². The molecule has 1 amide bonds. The predicted molar refractivity (Wildman–Crippen MR) is 54.4 cm³/mol. The lowest BCUT2D eigenvalue weighted by Gasteiger charge is -2.12. The van der Waals surface area contributed by atoms with E-state index in [4.69, 9.17) is 0 Å². The van der Waals surface area contributed by atoms with E-state index in [1.54, 1.807) is 30.3 Å². The molecular weight excluding hydrogens is 210 g/mol. The Kier molecular flexibility index (Phi) is 4.47. The maximum atomic E-state index is 11.4. The number of aliphatic carboxylic acids is 1. The Morgan fingerprint density at radius 2 is 1.94 bits per heavy atom. The molecule has 0 fully saturated rings. The topological polar surface area (TPSA) is 89.5 Å². The van der Waals surface area contributed by atoms with E-state index in [1.807, 2.05) is 0 Å². The van der Waals surface area contributed by atoms with Gasteiger partial charge in [0.05, 0.1) is 6.10 Å². The van der Waals surface area contributed by atoms with Crippen molar-refractivity contribution in [2.45, 2.75) is 12.5 Å². The molecule has 0 radical (unpaired) electrons. The number of aliphatic hydroxyl groups is 1. The highest BCUT2D eigenvalue weighted by Gasteiger charge is 2.08. The van der Waals surface area contributed by atoms with E-state index in [0.717, 1.165) is 0 Å². The summed E-state index contributed by atoms with van der Waals surface area (Å²) in [6, 6.07) is 8.46. The lowest BCUT2D eigenvalue weighted by Crippen LogP contribution is -2.36. The van der Waals surface area contributed by atoms with Gasteiger partial charge >= 0.3 is 0 Å². The molecule has 16 heavy (non-hydrogen) atoms. The molecule has 1 aromatic rings. The number of carbonyl (C=O) groups is 2. The number of hydrogen-bond donors (Lipinski definition) is 2. The zero-order valence-electron chi connectivity index (χ0n) is 8.55. The van der Waals surface area contributed by atoms with Crippen LogP contribution in [0.4, 0.5) is 0 Å². The molecule has 0 aliphatic heterocycles. The second-order valence-electron chi connectivity index (χ2n) is 3.31. The van der Waals surface area contributed by atoms with Crippen LogP contribution in [0.2, 0.25) is 0 Å². The molecule has 1 aromatic carbocycles. The summed E-state index contributed by atoms with van der Waals surface area (Å²) >= 11 is 0. The van der Waals surface area contributed by atoms with Gasteiger partial charge in [-0.25, -0.2) is 0 Å². The zero-order valence-corrected chi connectivity index (χ0v) is 8.55. The van der Waals surface area contributed by atoms with E-state index in [2.05, 4.69) is 5.32 Å². The standard InChI is InChI=1S/C11H13NO4/c13-9(6-10(14)15)7-12-11(16)8-4-2-1-3-5-8/h1-5,9,13H,6-7H2,(H,12,16)(H,14,15)/p-1/t9-/m0/s1. The molecule has 86 valence electrons. The predicted octanol–water partition coefficient (Wildman–Crippen LogP) is -1.08. The largest absolute Gasteiger partial charge is 0.550 e. The smallest absolute Gasteiger partial charge is 0.251 e. The van der Waals surface area contributed by atoms with Gasteiger partial charge in [-0.2, -0.15) is 0 Å². The van der Waals surface area contributed by atoms with Gasteiger partial charge in [-0.05, 0) is 12.1 Å². The van der Waals surface area contributed by atoms with E-state index < -0.39 is 18.5 Å². The Morgan fingerprint density at radius 3 is 2.50 bits per heavy atom. The average Bonchev–Trinajstić information content (AvgIpc) is 2.26. The first-order valence-electron chi connectivity index (χ1n) is 4.80. The number of nitrogens with one attached hydrogen (secondary N) is 1. The van der Waals surface area contributed by atoms with Gasteiger partial charge in [-0.1, -0.05) is 18.2 Å². The normalized spacial score (nSPS) is 11.8. The van der Waals surface area contributed by atoms with Crippen LogP contribution in [0.25, 0.3) is 0 Å². The highest BCUT2D eigenvalue weighted by atomic mass is 16.4. The Hall–Kier alpha value is -1.88. The number of carbonyl (C=O) groups excluding carboxylic acids is 2. The monoisotopic (exact) mass is 222 g/mol. The molecular formula is C11H12NO4-. The van der Waals surface area contributed by atoms with Crippen molar-refractivity contribution in [2.75, 3.05) is 6.54 Å². The lowest BCUT2D eigenvalue weighted by atomic mass is 10.2. The Balaban J connectivity index is 2.39. The van der Waals surface area contributed by atoms with Gasteiger partial charge in [0.25, 0.3) is 5.91 Å². The lowest BCUT2D eigenvalue weighted by molar-refractivity contribution is -0.307. The van der Waals surface area contributed by atoms with Crippen LogP contribution in [0.3, 0.4) is 0 Å². The number of carboxylic acid groups (broad SMARTS) is 1. The molecule has 0 unspecified atom stereocenters. The van der Waals surface area contributed by atoms with E-state index >= 15 is 0 Å². The van der Waals surface area contributed by atoms with Crippen molar-refractivity contribution in [3.8, 4) is 0 Å². The third-order valence-corrected chi connectivity index (χ3v) is 1.94. The van der Waals surface area contributed by atoms with Crippen LogP contribution in [-0.4, -0.2) is 29.6 Å².